The average molecular weight is 494 g/mol. The van der Waals surface area contributed by atoms with Crippen LogP contribution in [0.4, 0.5) is 18.0 Å². The molecule has 2 atom stereocenters. The molecule has 35 heavy (non-hydrogen) atoms. The number of alkyl halides is 3. The zero-order valence-corrected chi connectivity index (χ0v) is 20.8. The highest BCUT2D eigenvalue weighted by molar-refractivity contribution is 5.82. The van der Waals surface area contributed by atoms with Crippen LogP contribution in [0.2, 0.25) is 0 Å². The number of hydrogen-bond acceptors (Lipinski definition) is 4. The smallest absolute Gasteiger partial charge is 0.444 e. The summed E-state index contributed by atoms with van der Waals surface area (Å²) in [5.74, 6) is -1.72. The number of carbonyl (C=O) groups excluding carboxylic acids is 2. The first-order valence-electron chi connectivity index (χ1n) is 12.1. The van der Waals surface area contributed by atoms with Gasteiger partial charge in [-0.25, -0.2) is 4.79 Å². The zero-order valence-electron chi connectivity index (χ0n) is 20.8. The van der Waals surface area contributed by atoms with Crippen LogP contribution in [0.3, 0.4) is 0 Å². The first kappa shape index (κ1) is 26.8. The number of nitriles is 1. The zero-order chi connectivity index (χ0) is 26.0. The van der Waals surface area contributed by atoms with Crippen molar-refractivity contribution in [2.75, 3.05) is 19.6 Å². The van der Waals surface area contributed by atoms with E-state index in [0.717, 1.165) is 16.9 Å². The van der Waals surface area contributed by atoms with E-state index in [2.05, 4.69) is 6.07 Å². The second kappa shape index (κ2) is 10.1. The molecule has 9 heteroatoms. The number of piperidine rings is 1. The van der Waals surface area contributed by atoms with Gasteiger partial charge in [0.25, 0.3) is 0 Å². The summed E-state index contributed by atoms with van der Waals surface area (Å²) >= 11 is 0. The summed E-state index contributed by atoms with van der Waals surface area (Å²) in [7, 11) is 0. The van der Waals surface area contributed by atoms with E-state index in [1.807, 2.05) is 13.0 Å². The number of hydrogen-bond donors (Lipinski definition) is 0. The minimum Gasteiger partial charge on any atom is -0.444 e. The van der Waals surface area contributed by atoms with Crippen LogP contribution in [-0.4, -0.2) is 59.3 Å². The molecule has 1 saturated heterocycles. The van der Waals surface area contributed by atoms with Crippen molar-refractivity contribution in [2.45, 2.75) is 77.6 Å². The number of ether oxygens (including phenoxy) is 1. The molecule has 0 bridgehead atoms. The Labute approximate surface area is 205 Å². The molecule has 0 radical (unpaired) electrons. The normalized spacial score (nSPS) is 21.7. The van der Waals surface area contributed by atoms with Gasteiger partial charge in [-0.15, -0.1) is 0 Å². The van der Waals surface area contributed by atoms with Crippen LogP contribution >= 0.6 is 0 Å². The highest BCUT2D eigenvalue weighted by Gasteiger charge is 2.53. The molecule has 1 aliphatic heterocycles. The predicted octanol–water partition coefficient (Wildman–Crippen LogP) is 5.31. The predicted molar refractivity (Wildman–Crippen MR) is 124 cm³/mol. The van der Waals surface area contributed by atoms with Crippen LogP contribution in [-0.2, 0) is 16.0 Å². The van der Waals surface area contributed by atoms with Crippen LogP contribution in [0.25, 0.3) is 0 Å². The monoisotopic (exact) mass is 493 g/mol. The van der Waals surface area contributed by atoms with Crippen molar-refractivity contribution in [1.29, 1.82) is 5.26 Å². The van der Waals surface area contributed by atoms with E-state index >= 15 is 0 Å². The lowest BCUT2D eigenvalue weighted by Crippen LogP contribution is -2.53. The Morgan fingerprint density at radius 3 is 2.40 bits per heavy atom. The number of likely N-dealkylation sites (tertiary alicyclic amines) is 1. The van der Waals surface area contributed by atoms with E-state index in [9.17, 15) is 28.0 Å². The van der Waals surface area contributed by atoms with Gasteiger partial charge in [0.2, 0.25) is 0 Å². The SMILES string of the molecule is CCC1CC1N(CC1(Cc2cccc(C#N)c2)CCN(C(=O)OC(C)(C)C)CC1)C(=O)C(F)(F)F. The van der Waals surface area contributed by atoms with Gasteiger partial charge in [0.05, 0.1) is 11.6 Å². The Kier molecular flexibility index (Phi) is 7.73. The third kappa shape index (κ3) is 6.89. The third-order valence-electron chi connectivity index (χ3n) is 6.93. The fraction of sp³-hybridized carbons (Fsp3) is 0.654. The molecule has 0 N–H and O–H groups in total. The number of rotatable bonds is 6. The van der Waals surface area contributed by atoms with Gasteiger partial charge < -0.3 is 14.5 Å². The first-order chi connectivity index (χ1) is 16.3. The molecular weight excluding hydrogens is 459 g/mol. The van der Waals surface area contributed by atoms with E-state index in [0.29, 0.717) is 44.3 Å². The van der Waals surface area contributed by atoms with Crippen LogP contribution in [0, 0.1) is 22.7 Å². The Balaban J connectivity index is 1.87. The Bertz CT molecular complexity index is 973. The molecule has 0 aromatic heterocycles. The number of benzene rings is 1. The summed E-state index contributed by atoms with van der Waals surface area (Å²) in [5.41, 5.74) is -0.00764. The molecule has 1 saturated carbocycles. The van der Waals surface area contributed by atoms with Gasteiger partial charge in [-0.2, -0.15) is 18.4 Å². The average Bonchev–Trinajstić information content (AvgIpc) is 3.55. The number of carbonyl (C=O) groups is 2. The van der Waals surface area contributed by atoms with Crippen molar-refractivity contribution in [3.63, 3.8) is 0 Å². The van der Waals surface area contributed by atoms with Gasteiger partial charge in [-0.05, 0) is 75.5 Å². The van der Waals surface area contributed by atoms with Crippen molar-refractivity contribution < 1.29 is 27.5 Å². The molecule has 3 rings (SSSR count). The molecule has 1 heterocycles. The summed E-state index contributed by atoms with van der Waals surface area (Å²) in [6.07, 6.45) is -2.84. The van der Waals surface area contributed by atoms with Crippen molar-refractivity contribution >= 4 is 12.0 Å². The topological polar surface area (TPSA) is 73.6 Å². The van der Waals surface area contributed by atoms with Crippen LogP contribution in [0.15, 0.2) is 24.3 Å². The minimum atomic E-state index is -4.94. The molecule has 2 aliphatic rings. The van der Waals surface area contributed by atoms with Gasteiger partial charge in [-0.3, -0.25) is 4.79 Å². The number of halogens is 3. The second-order valence-corrected chi connectivity index (χ2v) is 10.9. The lowest BCUT2D eigenvalue weighted by atomic mass is 9.73. The van der Waals surface area contributed by atoms with Crippen LogP contribution < -0.4 is 0 Å². The highest BCUT2D eigenvalue weighted by atomic mass is 19.4. The summed E-state index contributed by atoms with van der Waals surface area (Å²) in [6, 6.07) is 8.71. The van der Waals surface area contributed by atoms with E-state index in [1.165, 1.54) is 0 Å². The third-order valence-corrected chi connectivity index (χ3v) is 6.93. The molecule has 2 amide bonds. The number of amides is 2. The highest BCUT2D eigenvalue weighted by Crippen LogP contribution is 2.44. The van der Waals surface area contributed by atoms with Gasteiger partial charge in [0, 0.05) is 25.7 Å². The van der Waals surface area contributed by atoms with Gasteiger partial charge in [0.1, 0.15) is 5.60 Å². The standard InChI is InChI=1S/C26H34F3N3O3/c1-5-20-14-21(20)32(22(33)26(27,28)29)17-25(15-18-7-6-8-19(13-18)16-30)9-11-31(12-10-25)23(34)35-24(2,3)4/h6-8,13,20-21H,5,9-12,14-15,17H2,1-4H3. The fourth-order valence-corrected chi connectivity index (χ4v) is 4.98. The summed E-state index contributed by atoms with van der Waals surface area (Å²) < 4.78 is 46.1. The van der Waals surface area contributed by atoms with E-state index in [1.54, 1.807) is 43.9 Å². The summed E-state index contributed by atoms with van der Waals surface area (Å²) in [5, 5.41) is 9.28. The van der Waals surface area contributed by atoms with Gasteiger partial charge >= 0.3 is 18.2 Å². The van der Waals surface area contributed by atoms with E-state index in [-0.39, 0.29) is 12.5 Å². The lowest BCUT2D eigenvalue weighted by molar-refractivity contribution is -0.188. The van der Waals surface area contributed by atoms with Crippen LogP contribution in [0.1, 0.15) is 64.5 Å². The maximum atomic E-state index is 13.6. The van der Waals surface area contributed by atoms with Crippen molar-refractivity contribution in [3.8, 4) is 6.07 Å². The summed E-state index contributed by atoms with van der Waals surface area (Å²) in [4.78, 5) is 27.7. The van der Waals surface area contributed by atoms with E-state index in [4.69, 9.17) is 4.74 Å². The Hall–Kier alpha value is -2.76. The quantitative estimate of drug-likeness (QED) is 0.539. The largest absolute Gasteiger partial charge is 0.471 e. The van der Waals surface area contributed by atoms with Crippen molar-refractivity contribution in [3.05, 3.63) is 35.4 Å². The second-order valence-electron chi connectivity index (χ2n) is 10.9. The molecule has 0 spiro atoms. The van der Waals surface area contributed by atoms with Crippen LogP contribution in [0.5, 0.6) is 0 Å². The minimum absolute atomic E-state index is 0.0363. The molecule has 192 valence electrons. The van der Waals surface area contributed by atoms with E-state index < -0.39 is 35.2 Å². The Morgan fingerprint density at radius 2 is 1.89 bits per heavy atom. The van der Waals surface area contributed by atoms with Gasteiger partial charge in [-0.1, -0.05) is 25.5 Å². The maximum Gasteiger partial charge on any atom is 0.471 e. The molecular formula is C26H34F3N3O3. The lowest BCUT2D eigenvalue weighted by Gasteiger charge is -2.45. The fourth-order valence-electron chi connectivity index (χ4n) is 4.98. The Morgan fingerprint density at radius 1 is 1.23 bits per heavy atom. The molecule has 1 aliphatic carbocycles. The van der Waals surface area contributed by atoms with Gasteiger partial charge in [0.15, 0.2) is 0 Å². The first-order valence-corrected chi connectivity index (χ1v) is 12.1. The number of nitrogens with zero attached hydrogens (tertiary/aromatic N) is 3. The molecule has 2 fully saturated rings. The summed E-state index contributed by atoms with van der Waals surface area (Å²) in [6.45, 7) is 7.87. The molecule has 2 unspecified atom stereocenters. The molecule has 1 aromatic rings. The maximum absolute atomic E-state index is 13.6. The molecule has 6 nitrogen and oxygen atoms in total. The van der Waals surface area contributed by atoms with Crippen molar-refractivity contribution in [2.24, 2.45) is 11.3 Å². The molecule has 1 aromatic carbocycles. The van der Waals surface area contributed by atoms with Crippen molar-refractivity contribution in [1.82, 2.24) is 9.80 Å².